The highest BCUT2D eigenvalue weighted by atomic mass is 16.4. The Kier molecular flexibility index (Phi) is 9.37. The molecule has 0 radical (unpaired) electrons. The number of rotatable bonds is 11. The van der Waals surface area contributed by atoms with E-state index in [0.29, 0.717) is 5.56 Å². The summed E-state index contributed by atoms with van der Waals surface area (Å²) in [7, 11) is 0. The number of hydrogen-bond donors (Lipinski definition) is 6. The van der Waals surface area contributed by atoms with Gasteiger partial charge in [0.05, 0.1) is 6.54 Å². The summed E-state index contributed by atoms with van der Waals surface area (Å²) in [6, 6.07) is 11.7. The van der Waals surface area contributed by atoms with Gasteiger partial charge in [-0.25, -0.2) is 0 Å². The van der Waals surface area contributed by atoms with Crippen molar-refractivity contribution in [3.05, 3.63) is 65.7 Å². The van der Waals surface area contributed by atoms with Crippen molar-refractivity contribution < 1.29 is 29.4 Å². The van der Waals surface area contributed by atoms with Gasteiger partial charge in [0.1, 0.15) is 23.9 Å². The van der Waals surface area contributed by atoms with E-state index in [0.717, 1.165) is 5.56 Å². The highest BCUT2D eigenvalue weighted by Gasteiger charge is 2.28. The lowest BCUT2D eigenvalue weighted by atomic mass is 10.0. The minimum atomic E-state index is -1.21. The number of amides is 3. The number of benzene rings is 2. The van der Waals surface area contributed by atoms with Crippen LogP contribution in [0.3, 0.4) is 0 Å². The zero-order valence-corrected chi connectivity index (χ0v) is 18.2. The monoisotopic (exact) mass is 456 g/mol. The molecule has 0 bridgehead atoms. The number of phenols is 1. The van der Waals surface area contributed by atoms with Crippen LogP contribution in [0.4, 0.5) is 0 Å². The number of carboxylic acid groups (broad SMARTS) is 1. The molecule has 0 fully saturated rings. The molecule has 0 aliphatic heterocycles. The van der Waals surface area contributed by atoms with Gasteiger partial charge in [0.15, 0.2) is 0 Å². The number of nitrogens with one attached hydrogen (secondary N) is 3. The Morgan fingerprint density at radius 2 is 1.33 bits per heavy atom. The molecule has 3 amide bonds. The lowest BCUT2D eigenvalue weighted by molar-refractivity contribution is -0.141. The van der Waals surface area contributed by atoms with E-state index in [9.17, 15) is 24.3 Å². The maximum atomic E-state index is 13.1. The fourth-order valence-corrected chi connectivity index (χ4v) is 3.04. The predicted octanol–water partition coefficient (Wildman–Crippen LogP) is -0.305. The third-order valence-electron chi connectivity index (χ3n) is 4.86. The first-order valence-electron chi connectivity index (χ1n) is 10.3. The van der Waals surface area contributed by atoms with Crippen molar-refractivity contribution in [2.24, 2.45) is 5.73 Å². The normalized spacial score (nSPS) is 13.3. The molecule has 2 aromatic rings. The van der Waals surface area contributed by atoms with E-state index in [2.05, 4.69) is 16.0 Å². The molecule has 0 heterocycles. The summed E-state index contributed by atoms with van der Waals surface area (Å²) in [6.45, 7) is 0.986. The van der Waals surface area contributed by atoms with Crippen molar-refractivity contribution in [2.75, 3.05) is 6.54 Å². The van der Waals surface area contributed by atoms with Crippen LogP contribution in [0, 0.1) is 0 Å². The zero-order valence-electron chi connectivity index (χ0n) is 18.2. The van der Waals surface area contributed by atoms with Gasteiger partial charge < -0.3 is 31.9 Å². The summed E-state index contributed by atoms with van der Waals surface area (Å²) < 4.78 is 0. The van der Waals surface area contributed by atoms with Crippen molar-refractivity contribution in [1.82, 2.24) is 16.0 Å². The van der Waals surface area contributed by atoms with Gasteiger partial charge in [-0.2, -0.15) is 0 Å². The van der Waals surface area contributed by atoms with E-state index in [1.54, 1.807) is 42.5 Å². The summed E-state index contributed by atoms with van der Waals surface area (Å²) >= 11 is 0. The Bertz CT molecular complexity index is 965. The molecule has 2 aromatic carbocycles. The molecule has 7 N–H and O–H groups in total. The second-order valence-corrected chi connectivity index (χ2v) is 7.51. The van der Waals surface area contributed by atoms with Crippen LogP contribution in [0.15, 0.2) is 54.6 Å². The fourth-order valence-electron chi connectivity index (χ4n) is 3.04. The smallest absolute Gasteiger partial charge is 0.325 e. The van der Waals surface area contributed by atoms with Gasteiger partial charge in [0.2, 0.25) is 17.7 Å². The van der Waals surface area contributed by atoms with E-state index in [4.69, 9.17) is 10.8 Å². The zero-order chi connectivity index (χ0) is 24.4. The molecule has 0 aliphatic rings. The Hall–Kier alpha value is -3.92. The third kappa shape index (κ3) is 8.26. The Morgan fingerprint density at radius 3 is 1.88 bits per heavy atom. The first-order chi connectivity index (χ1) is 15.7. The maximum Gasteiger partial charge on any atom is 0.325 e. The molecule has 0 saturated carbocycles. The maximum absolute atomic E-state index is 13.1. The standard InChI is InChI=1S/C23H28N4O6/c1-14(23(32)33)25-21(30)19(11-15-5-3-2-4-6-15)27-22(31)18(26-20(29)13-24)12-16-7-9-17(28)10-8-16/h2-10,14,18-19,28H,11-13,24H2,1H3,(H,25,30)(H,26,29)(H,27,31)(H,32,33). The second kappa shape index (κ2) is 12.2. The fraction of sp³-hybridized carbons (Fsp3) is 0.304. The van der Waals surface area contributed by atoms with Crippen LogP contribution < -0.4 is 21.7 Å². The first-order valence-corrected chi connectivity index (χ1v) is 10.3. The average molecular weight is 456 g/mol. The minimum Gasteiger partial charge on any atom is -0.508 e. The minimum absolute atomic E-state index is 0.0536. The van der Waals surface area contributed by atoms with Crippen molar-refractivity contribution in [3.63, 3.8) is 0 Å². The second-order valence-electron chi connectivity index (χ2n) is 7.51. The highest BCUT2D eigenvalue weighted by Crippen LogP contribution is 2.12. The van der Waals surface area contributed by atoms with Crippen LogP contribution in [0.25, 0.3) is 0 Å². The lowest BCUT2D eigenvalue weighted by Crippen LogP contribution is -2.57. The number of phenolic OH excluding ortho intramolecular Hbond substituents is 1. The van der Waals surface area contributed by atoms with E-state index in [1.807, 2.05) is 0 Å². The molecule has 0 aliphatic carbocycles. The van der Waals surface area contributed by atoms with Crippen molar-refractivity contribution in [3.8, 4) is 5.75 Å². The molecule has 2 rings (SSSR count). The number of hydrogen-bond acceptors (Lipinski definition) is 6. The number of aliphatic carboxylic acids is 1. The molecule has 0 saturated heterocycles. The van der Waals surface area contributed by atoms with Gasteiger partial charge >= 0.3 is 5.97 Å². The summed E-state index contributed by atoms with van der Waals surface area (Å²) in [5, 5.41) is 26.1. The van der Waals surface area contributed by atoms with E-state index >= 15 is 0 Å². The van der Waals surface area contributed by atoms with Crippen molar-refractivity contribution >= 4 is 23.7 Å². The Labute approximate surface area is 191 Å². The molecule has 176 valence electrons. The largest absolute Gasteiger partial charge is 0.508 e. The van der Waals surface area contributed by atoms with Crippen LogP contribution in [0.5, 0.6) is 5.75 Å². The number of nitrogens with two attached hydrogens (primary N) is 1. The van der Waals surface area contributed by atoms with E-state index in [-0.39, 0.29) is 25.1 Å². The molecule has 10 heteroatoms. The lowest BCUT2D eigenvalue weighted by Gasteiger charge is -2.24. The van der Waals surface area contributed by atoms with Crippen LogP contribution in [-0.2, 0) is 32.0 Å². The van der Waals surface area contributed by atoms with Crippen LogP contribution in [0.2, 0.25) is 0 Å². The summed E-state index contributed by atoms with van der Waals surface area (Å²) in [4.78, 5) is 48.9. The molecular formula is C23H28N4O6. The summed E-state index contributed by atoms with van der Waals surface area (Å²) in [5.41, 5.74) is 6.78. The van der Waals surface area contributed by atoms with Gasteiger partial charge in [0, 0.05) is 12.8 Å². The number of carbonyl (C=O) groups excluding carboxylic acids is 3. The quantitative estimate of drug-likeness (QED) is 0.269. The van der Waals surface area contributed by atoms with E-state index in [1.165, 1.54) is 19.1 Å². The SMILES string of the molecule is CC(NC(=O)C(Cc1ccccc1)NC(=O)C(Cc1ccc(O)cc1)NC(=O)CN)C(=O)O. The summed E-state index contributed by atoms with van der Waals surface area (Å²) in [6.07, 6.45) is 0.199. The number of carboxylic acids is 1. The van der Waals surface area contributed by atoms with Crippen LogP contribution in [-0.4, -0.2) is 58.6 Å². The topological polar surface area (TPSA) is 171 Å². The number of carbonyl (C=O) groups is 4. The van der Waals surface area contributed by atoms with Crippen molar-refractivity contribution in [2.45, 2.75) is 37.9 Å². The van der Waals surface area contributed by atoms with Gasteiger partial charge in [-0.15, -0.1) is 0 Å². The summed E-state index contributed by atoms with van der Waals surface area (Å²) in [5.74, 6) is -3.02. The molecule has 10 nitrogen and oxygen atoms in total. The molecule has 33 heavy (non-hydrogen) atoms. The van der Waals surface area contributed by atoms with Gasteiger partial charge in [-0.3, -0.25) is 19.2 Å². The molecule has 0 aromatic heterocycles. The van der Waals surface area contributed by atoms with Crippen LogP contribution >= 0.6 is 0 Å². The van der Waals surface area contributed by atoms with Crippen molar-refractivity contribution in [1.29, 1.82) is 0 Å². The molecular weight excluding hydrogens is 428 g/mol. The first kappa shape index (κ1) is 25.3. The Morgan fingerprint density at radius 1 is 0.818 bits per heavy atom. The third-order valence-corrected chi connectivity index (χ3v) is 4.86. The Balaban J connectivity index is 2.23. The van der Waals surface area contributed by atoms with Gasteiger partial charge in [0.25, 0.3) is 0 Å². The molecule has 3 atom stereocenters. The van der Waals surface area contributed by atoms with E-state index < -0.39 is 41.8 Å². The highest BCUT2D eigenvalue weighted by molar-refractivity contribution is 5.93. The molecule has 0 spiro atoms. The average Bonchev–Trinajstić information content (AvgIpc) is 2.79. The predicted molar refractivity (Wildman–Crippen MR) is 120 cm³/mol. The molecule has 3 unspecified atom stereocenters. The van der Waals surface area contributed by atoms with Gasteiger partial charge in [-0.05, 0) is 30.2 Å². The number of aromatic hydroxyl groups is 1. The van der Waals surface area contributed by atoms with Gasteiger partial charge in [-0.1, -0.05) is 42.5 Å². The van der Waals surface area contributed by atoms with Crippen LogP contribution in [0.1, 0.15) is 18.1 Å².